The molecule has 2 fully saturated rings. The molecule has 2 aliphatic rings. The molecule has 0 bridgehead atoms. The average Bonchev–Trinajstić information content (AvgIpc) is 2.60. The van der Waals surface area contributed by atoms with E-state index in [9.17, 15) is 4.39 Å². The van der Waals surface area contributed by atoms with Crippen molar-refractivity contribution in [3.8, 4) is 0 Å². The zero-order chi connectivity index (χ0) is 9.31. The molecule has 2 aliphatic heterocycles. The number of fused-ring (bicyclic) bond motifs is 1. The monoisotopic (exact) mass is 185 g/mol. The first-order chi connectivity index (χ1) is 6.30. The standard InChI is InChI=1S/C10H16FNO/c1-13-8-10-3-2-4-12(10)7-9(5-10)6-11/h6H,2-5,7-8H2,1H3/b9-6+/t10-/m0/s1. The zero-order valence-electron chi connectivity index (χ0n) is 8.05. The van der Waals surface area contributed by atoms with E-state index in [1.54, 1.807) is 7.11 Å². The molecule has 13 heavy (non-hydrogen) atoms. The lowest BCUT2D eigenvalue weighted by molar-refractivity contribution is 0.0656. The summed E-state index contributed by atoms with van der Waals surface area (Å²) < 4.78 is 17.6. The molecule has 0 unspecified atom stereocenters. The summed E-state index contributed by atoms with van der Waals surface area (Å²) in [6.45, 7) is 2.64. The molecule has 2 saturated heterocycles. The van der Waals surface area contributed by atoms with Gasteiger partial charge in [0.25, 0.3) is 0 Å². The predicted octanol–water partition coefficient (Wildman–Crippen LogP) is 1.72. The SMILES string of the molecule is COC[C@@]12CCCN1C/C(=C/F)C2. The highest BCUT2D eigenvalue weighted by Crippen LogP contribution is 2.41. The van der Waals surface area contributed by atoms with Gasteiger partial charge in [0.15, 0.2) is 0 Å². The quantitative estimate of drug-likeness (QED) is 0.649. The number of nitrogens with zero attached hydrogens (tertiary/aromatic N) is 1. The summed E-state index contributed by atoms with van der Waals surface area (Å²) in [7, 11) is 1.72. The normalized spacial score (nSPS) is 37.2. The van der Waals surface area contributed by atoms with Crippen molar-refractivity contribution in [3.05, 3.63) is 11.9 Å². The van der Waals surface area contributed by atoms with Gasteiger partial charge in [0.2, 0.25) is 0 Å². The largest absolute Gasteiger partial charge is 0.383 e. The van der Waals surface area contributed by atoms with E-state index < -0.39 is 0 Å². The van der Waals surface area contributed by atoms with E-state index >= 15 is 0 Å². The van der Waals surface area contributed by atoms with Gasteiger partial charge >= 0.3 is 0 Å². The Bertz CT molecular complexity index is 229. The van der Waals surface area contributed by atoms with Gasteiger partial charge < -0.3 is 4.74 Å². The van der Waals surface area contributed by atoms with Crippen molar-refractivity contribution < 1.29 is 9.13 Å². The number of hydrogen-bond acceptors (Lipinski definition) is 2. The maximum absolute atomic E-state index is 12.4. The molecule has 2 heterocycles. The van der Waals surface area contributed by atoms with Crippen LogP contribution in [-0.4, -0.2) is 37.2 Å². The first-order valence-corrected chi connectivity index (χ1v) is 4.83. The van der Waals surface area contributed by atoms with E-state index in [4.69, 9.17) is 4.74 Å². The highest BCUT2D eigenvalue weighted by atomic mass is 19.1. The van der Waals surface area contributed by atoms with Crippen LogP contribution >= 0.6 is 0 Å². The molecule has 0 aromatic heterocycles. The van der Waals surface area contributed by atoms with E-state index in [0.717, 1.165) is 44.4 Å². The van der Waals surface area contributed by atoms with Crippen molar-refractivity contribution in [3.63, 3.8) is 0 Å². The molecule has 3 heteroatoms. The summed E-state index contributed by atoms with van der Waals surface area (Å²) in [4.78, 5) is 2.36. The number of ether oxygens (including phenoxy) is 1. The van der Waals surface area contributed by atoms with Crippen LogP contribution in [0.4, 0.5) is 4.39 Å². The molecule has 0 aliphatic carbocycles. The summed E-state index contributed by atoms with van der Waals surface area (Å²) in [5.74, 6) is 0. The summed E-state index contributed by atoms with van der Waals surface area (Å²) in [6.07, 6.45) is 4.01. The van der Waals surface area contributed by atoms with Gasteiger partial charge in [-0.2, -0.15) is 0 Å². The Balaban J connectivity index is 2.14. The van der Waals surface area contributed by atoms with Crippen LogP contribution in [-0.2, 0) is 4.74 Å². The molecule has 0 saturated carbocycles. The van der Waals surface area contributed by atoms with Gasteiger partial charge in [-0.15, -0.1) is 0 Å². The molecule has 74 valence electrons. The zero-order valence-corrected chi connectivity index (χ0v) is 8.05. The van der Waals surface area contributed by atoms with Crippen LogP contribution in [0.5, 0.6) is 0 Å². The van der Waals surface area contributed by atoms with Crippen LogP contribution < -0.4 is 0 Å². The lowest BCUT2D eigenvalue weighted by atomic mass is 9.94. The fourth-order valence-corrected chi connectivity index (χ4v) is 2.72. The molecule has 0 aromatic rings. The van der Waals surface area contributed by atoms with E-state index in [0.29, 0.717) is 0 Å². The van der Waals surface area contributed by atoms with Crippen LogP contribution in [0, 0.1) is 0 Å². The van der Waals surface area contributed by atoms with Crippen molar-refractivity contribution in [2.75, 3.05) is 26.8 Å². The number of rotatable bonds is 2. The number of methoxy groups -OCH3 is 1. The fraction of sp³-hybridized carbons (Fsp3) is 0.800. The lowest BCUT2D eigenvalue weighted by Crippen LogP contribution is -2.42. The molecule has 2 nitrogen and oxygen atoms in total. The summed E-state index contributed by atoms with van der Waals surface area (Å²) in [5, 5.41) is 0. The Morgan fingerprint density at radius 1 is 1.69 bits per heavy atom. The Kier molecular flexibility index (Phi) is 2.39. The molecule has 2 rings (SSSR count). The van der Waals surface area contributed by atoms with Crippen LogP contribution in [0.2, 0.25) is 0 Å². The van der Waals surface area contributed by atoms with Gasteiger partial charge in [0.1, 0.15) is 0 Å². The first kappa shape index (κ1) is 9.16. The average molecular weight is 185 g/mol. The van der Waals surface area contributed by atoms with Gasteiger partial charge in [0, 0.05) is 19.2 Å². The van der Waals surface area contributed by atoms with Crippen LogP contribution in [0.1, 0.15) is 19.3 Å². The number of hydrogen-bond donors (Lipinski definition) is 0. The molecule has 0 N–H and O–H groups in total. The molecule has 1 atom stereocenters. The van der Waals surface area contributed by atoms with Gasteiger partial charge in [-0.05, 0) is 31.4 Å². The minimum Gasteiger partial charge on any atom is -0.383 e. The van der Waals surface area contributed by atoms with Gasteiger partial charge in [-0.3, -0.25) is 4.90 Å². The summed E-state index contributed by atoms with van der Waals surface area (Å²) in [6, 6.07) is 0. The van der Waals surface area contributed by atoms with E-state index in [1.807, 2.05) is 0 Å². The Labute approximate surface area is 78.4 Å². The van der Waals surface area contributed by atoms with E-state index in [2.05, 4.69) is 4.90 Å². The third-order valence-corrected chi connectivity index (χ3v) is 3.26. The Morgan fingerprint density at radius 3 is 3.23 bits per heavy atom. The highest BCUT2D eigenvalue weighted by molar-refractivity contribution is 5.18. The topological polar surface area (TPSA) is 12.5 Å². The second-order valence-electron chi connectivity index (χ2n) is 4.13. The smallest absolute Gasteiger partial charge is 0.0872 e. The molecule has 0 radical (unpaired) electrons. The minimum atomic E-state index is 0.132. The van der Waals surface area contributed by atoms with Crippen molar-refractivity contribution in [1.29, 1.82) is 0 Å². The van der Waals surface area contributed by atoms with Crippen LogP contribution in [0.25, 0.3) is 0 Å². The van der Waals surface area contributed by atoms with Crippen molar-refractivity contribution >= 4 is 0 Å². The van der Waals surface area contributed by atoms with Crippen LogP contribution in [0.15, 0.2) is 11.9 Å². The first-order valence-electron chi connectivity index (χ1n) is 4.83. The highest BCUT2D eigenvalue weighted by Gasteiger charge is 2.46. The third kappa shape index (κ3) is 1.40. The van der Waals surface area contributed by atoms with Gasteiger partial charge in [-0.25, -0.2) is 4.39 Å². The van der Waals surface area contributed by atoms with E-state index in [-0.39, 0.29) is 5.54 Å². The van der Waals surface area contributed by atoms with Gasteiger partial charge in [0.05, 0.1) is 12.9 Å². The maximum atomic E-state index is 12.4. The van der Waals surface area contributed by atoms with E-state index in [1.165, 1.54) is 6.42 Å². The fourth-order valence-electron chi connectivity index (χ4n) is 2.72. The summed E-state index contributed by atoms with van der Waals surface area (Å²) in [5.41, 5.74) is 1.06. The second-order valence-corrected chi connectivity index (χ2v) is 4.13. The van der Waals surface area contributed by atoms with Gasteiger partial charge in [-0.1, -0.05) is 0 Å². The maximum Gasteiger partial charge on any atom is 0.0872 e. The second kappa shape index (κ2) is 3.39. The molecule has 0 aromatic carbocycles. The van der Waals surface area contributed by atoms with Crippen LogP contribution in [0.3, 0.4) is 0 Å². The lowest BCUT2D eigenvalue weighted by Gasteiger charge is -2.30. The third-order valence-electron chi connectivity index (χ3n) is 3.26. The molecule has 0 amide bonds. The van der Waals surface area contributed by atoms with Crippen molar-refractivity contribution in [1.82, 2.24) is 4.90 Å². The van der Waals surface area contributed by atoms with Crippen molar-refractivity contribution in [2.24, 2.45) is 0 Å². The predicted molar refractivity (Wildman–Crippen MR) is 49.2 cm³/mol. The minimum absolute atomic E-state index is 0.132. The molecular weight excluding hydrogens is 169 g/mol. The Hall–Kier alpha value is -0.410. The van der Waals surface area contributed by atoms with Crippen molar-refractivity contribution in [2.45, 2.75) is 24.8 Å². The molecule has 0 spiro atoms. The number of halogens is 1. The Morgan fingerprint density at radius 2 is 2.54 bits per heavy atom. The molecular formula is C10H16FNO. The summed E-state index contributed by atoms with van der Waals surface area (Å²) >= 11 is 0.